The van der Waals surface area contributed by atoms with Crippen molar-refractivity contribution in [3.05, 3.63) is 0 Å². The van der Waals surface area contributed by atoms with Gasteiger partial charge in [0.05, 0.1) is 26.4 Å². The van der Waals surface area contributed by atoms with Gasteiger partial charge in [0.1, 0.15) is 19.3 Å². The van der Waals surface area contributed by atoms with Crippen LogP contribution in [0.5, 0.6) is 0 Å². The zero-order valence-electron chi connectivity index (χ0n) is 59.0. The number of rotatable bonds is 72. The number of hydrogen-bond acceptors (Lipinski definition) is 15. The van der Waals surface area contributed by atoms with Crippen LogP contribution in [0.4, 0.5) is 0 Å². The molecule has 0 aromatic rings. The first-order chi connectivity index (χ1) is 44.0. The number of phosphoric ester groups is 2. The van der Waals surface area contributed by atoms with Crippen LogP contribution >= 0.6 is 15.6 Å². The summed E-state index contributed by atoms with van der Waals surface area (Å²) in [6, 6.07) is 0. The van der Waals surface area contributed by atoms with Crippen LogP contribution in [0.25, 0.3) is 0 Å². The second kappa shape index (κ2) is 65.4. The lowest BCUT2D eigenvalue weighted by atomic mass is 10.0. The summed E-state index contributed by atoms with van der Waals surface area (Å²) in [7, 11) is -9.90. The van der Waals surface area contributed by atoms with Crippen LogP contribution in [0.2, 0.25) is 0 Å². The number of hydrogen-bond donors (Lipinski definition) is 3. The summed E-state index contributed by atoms with van der Waals surface area (Å²) in [4.78, 5) is 72.6. The van der Waals surface area contributed by atoms with E-state index in [1.807, 2.05) is 0 Å². The summed E-state index contributed by atoms with van der Waals surface area (Å²) in [5, 5.41) is 10.6. The molecule has 0 saturated heterocycles. The number of aliphatic hydroxyl groups is 1. The van der Waals surface area contributed by atoms with E-state index in [-0.39, 0.29) is 25.7 Å². The van der Waals surface area contributed by atoms with Crippen LogP contribution < -0.4 is 0 Å². The van der Waals surface area contributed by atoms with E-state index in [0.717, 1.165) is 95.8 Å². The lowest BCUT2D eigenvalue weighted by Gasteiger charge is -2.21. The largest absolute Gasteiger partial charge is 0.472 e. The predicted molar refractivity (Wildman–Crippen MR) is 368 cm³/mol. The van der Waals surface area contributed by atoms with Gasteiger partial charge in [-0.1, -0.05) is 324 Å². The third kappa shape index (κ3) is 66.5. The Morgan fingerprint density at radius 3 is 0.747 bits per heavy atom. The number of unbranched alkanes of at least 4 members (excludes halogenated alkanes) is 44. The summed E-state index contributed by atoms with van der Waals surface area (Å²) < 4.78 is 68.3. The van der Waals surface area contributed by atoms with Crippen LogP contribution in [0, 0.1) is 5.92 Å². The quantitative estimate of drug-likeness (QED) is 0.0222. The lowest BCUT2D eigenvalue weighted by Crippen LogP contribution is -2.30. The van der Waals surface area contributed by atoms with Crippen LogP contribution in [0.15, 0.2) is 0 Å². The molecule has 19 heteroatoms. The molecular formula is C72H140O17P2. The van der Waals surface area contributed by atoms with Gasteiger partial charge in [-0.15, -0.1) is 0 Å². The molecule has 0 fully saturated rings. The summed E-state index contributed by atoms with van der Waals surface area (Å²) in [5.41, 5.74) is 0. The van der Waals surface area contributed by atoms with E-state index in [2.05, 4.69) is 34.6 Å². The van der Waals surface area contributed by atoms with Crippen molar-refractivity contribution in [1.29, 1.82) is 0 Å². The van der Waals surface area contributed by atoms with Crippen LogP contribution in [-0.4, -0.2) is 96.7 Å². The van der Waals surface area contributed by atoms with Crippen molar-refractivity contribution < 1.29 is 80.2 Å². The van der Waals surface area contributed by atoms with Crippen LogP contribution in [0.3, 0.4) is 0 Å². The molecule has 0 aliphatic heterocycles. The van der Waals surface area contributed by atoms with Gasteiger partial charge in [0.25, 0.3) is 0 Å². The third-order valence-corrected chi connectivity index (χ3v) is 18.7. The molecule has 0 aromatic carbocycles. The Kier molecular flexibility index (Phi) is 64.0. The van der Waals surface area contributed by atoms with E-state index in [4.69, 9.17) is 37.0 Å². The summed E-state index contributed by atoms with van der Waals surface area (Å²) in [5.74, 6) is -1.32. The summed E-state index contributed by atoms with van der Waals surface area (Å²) in [6.07, 6.45) is 52.6. The summed E-state index contributed by atoms with van der Waals surface area (Å²) >= 11 is 0. The zero-order chi connectivity index (χ0) is 67.0. The monoisotopic (exact) mass is 1340 g/mol. The first-order valence-corrected chi connectivity index (χ1v) is 40.6. The number of ether oxygens (including phenoxy) is 4. The topological polar surface area (TPSA) is 237 Å². The zero-order valence-corrected chi connectivity index (χ0v) is 60.8. The Bertz CT molecular complexity index is 1750. The molecule has 0 aliphatic rings. The van der Waals surface area contributed by atoms with Gasteiger partial charge < -0.3 is 33.8 Å². The molecule has 0 radical (unpaired) electrons. The molecule has 0 saturated carbocycles. The van der Waals surface area contributed by atoms with Crippen molar-refractivity contribution in [3.8, 4) is 0 Å². The average Bonchev–Trinajstić information content (AvgIpc) is 2.65. The van der Waals surface area contributed by atoms with Gasteiger partial charge in [-0.2, -0.15) is 0 Å². The Labute approximate surface area is 556 Å². The highest BCUT2D eigenvalue weighted by molar-refractivity contribution is 7.47. The van der Waals surface area contributed by atoms with Crippen LogP contribution in [0.1, 0.15) is 375 Å². The highest BCUT2D eigenvalue weighted by Crippen LogP contribution is 2.45. The predicted octanol–water partition coefficient (Wildman–Crippen LogP) is 20.9. The van der Waals surface area contributed by atoms with Gasteiger partial charge in [0.2, 0.25) is 0 Å². The molecule has 0 aliphatic carbocycles. The number of aliphatic hydroxyl groups excluding tert-OH is 1. The minimum Gasteiger partial charge on any atom is -0.462 e. The van der Waals surface area contributed by atoms with Crippen LogP contribution in [-0.2, 0) is 65.4 Å². The highest BCUT2D eigenvalue weighted by Gasteiger charge is 2.30. The Morgan fingerprint density at radius 2 is 0.505 bits per heavy atom. The normalized spacial score (nSPS) is 14.0. The molecule has 17 nitrogen and oxygen atoms in total. The fourth-order valence-electron chi connectivity index (χ4n) is 11.0. The van der Waals surface area contributed by atoms with Gasteiger partial charge in [0.15, 0.2) is 12.2 Å². The average molecular weight is 1340 g/mol. The molecule has 3 N–H and O–H groups in total. The molecule has 5 atom stereocenters. The molecular weight excluding hydrogens is 1200 g/mol. The fourth-order valence-corrected chi connectivity index (χ4v) is 12.6. The van der Waals surface area contributed by atoms with E-state index in [1.54, 1.807) is 0 Å². The highest BCUT2D eigenvalue weighted by atomic mass is 31.2. The van der Waals surface area contributed by atoms with E-state index in [1.165, 1.54) is 199 Å². The smallest absolute Gasteiger partial charge is 0.462 e. The number of phosphoric acid groups is 2. The van der Waals surface area contributed by atoms with Gasteiger partial charge >= 0.3 is 39.5 Å². The minimum atomic E-state index is -4.95. The van der Waals surface area contributed by atoms with E-state index >= 15 is 0 Å². The van der Waals surface area contributed by atoms with E-state index in [9.17, 15) is 43.2 Å². The maximum Gasteiger partial charge on any atom is 0.472 e. The molecule has 2 unspecified atom stereocenters. The van der Waals surface area contributed by atoms with Gasteiger partial charge in [-0.05, 0) is 31.6 Å². The third-order valence-electron chi connectivity index (χ3n) is 16.8. The SMILES string of the molecule is CCCCCCCCCCCCCCC(=O)OC[C@H](COP(=O)(O)OC[C@@H](O)COP(=O)(O)OC[C@@H](COC(=O)CCCCCCCCCCC)OC(=O)CCCCCCCCCCCCCC)OC(=O)CCCCCCCCCCCCCCCCCC(C)C. The van der Waals surface area contributed by atoms with Crippen molar-refractivity contribution in [2.45, 2.75) is 393 Å². The van der Waals surface area contributed by atoms with E-state index in [0.29, 0.717) is 25.7 Å². The van der Waals surface area contributed by atoms with Crippen molar-refractivity contribution in [3.63, 3.8) is 0 Å². The Balaban J connectivity index is 5.21. The first-order valence-electron chi connectivity index (χ1n) is 37.6. The Morgan fingerprint density at radius 1 is 0.297 bits per heavy atom. The fraction of sp³-hybridized carbons (Fsp3) is 0.944. The molecule has 0 heterocycles. The van der Waals surface area contributed by atoms with Crippen molar-refractivity contribution in [2.75, 3.05) is 39.6 Å². The maximum absolute atomic E-state index is 13.0. The molecule has 0 bridgehead atoms. The molecule has 0 spiro atoms. The second-order valence-electron chi connectivity index (χ2n) is 26.5. The van der Waals surface area contributed by atoms with E-state index < -0.39 is 97.5 Å². The van der Waals surface area contributed by atoms with Gasteiger partial charge in [0, 0.05) is 25.7 Å². The van der Waals surface area contributed by atoms with Gasteiger partial charge in [-0.25, -0.2) is 9.13 Å². The first kappa shape index (κ1) is 89.1. The maximum atomic E-state index is 13.0. The van der Waals surface area contributed by atoms with Crippen molar-refractivity contribution in [1.82, 2.24) is 0 Å². The van der Waals surface area contributed by atoms with Crippen molar-refractivity contribution in [2.24, 2.45) is 5.92 Å². The minimum absolute atomic E-state index is 0.108. The molecule has 0 amide bonds. The Hall–Kier alpha value is -1.94. The number of carbonyl (C=O) groups is 4. The second-order valence-corrected chi connectivity index (χ2v) is 29.4. The molecule has 540 valence electrons. The molecule has 0 aromatic heterocycles. The molecule has 0 rings (SSSR count). The lowest BCUT2D eigenvalue weighted by molar-refractivity contribution is -0.161. The number of carbonyl (C=O) groups excluding carboxylic acids is 4. The standard InChI is InChI=1S/C72H140O17P2/c1-6-9-12-15-18-21-23-31-36-41-46-51-56-70(75)83-62-68(89-72(77)58-53-48-43-38-33-29-27-25-26-28-30-35-39-44-49-54-65(4)5)64-87-91(80,81)85-60-66(73)59-84-90(78,79)86-63-67(61-82-69(74)55-50-45-40-34-20-17-14-11-8-3)88-71(76)57-52-47-42-37-32-24-22-19-16-13-10-7-2/h65-68,73H,6-64H2,1-5H3,(H,78,79)(H,80,81)/t66-,67+,68+/m0/s1. The summed E-state index contributed by atoms with van der Waals surface area (Å²) in [6.45, 7) is 7.28. The van der Waals surface area contributed by atoms with Crippen molar-refractivity contribution >= 4 is 39.5 Å². The van der Waals surface area contributed by atoms with Gasteiger partial charge in [-0.3, -0.25) is 37.3 Å². The number of esters is 4. The molecule has 91 heavy (non-hydrogen) atoms.